The van der Waals surface area contributed by atoms with Gasteiger partial charge in [-0.05, 0) is 18.6 Å². The van der Waals surface area contributed by atoms with Gasteiger partial charge in [0.15, 0.2) is 12.9 Å². The van der Waals surface area contributed by atoms with Crippen LogP contribution in [0.1, 0.15) is 23.7 Å². The van der Waals surface area contributed by atoms with E-state index >= 15 is 0 Å². The zero-order valence-corrected chi connectivity index (χ0v) is 9.23. The Balaban J connectivity index is 2.47. The molecule has 4 nitrogen and oxygen atoms in total. The van der Waals surface area contributed by atoms with Gasteiger partial charge in [0.1, 0.15) is 5.75 Å². The molecule has 0 aliphatic carbocycles. The summed E-state index contributed by atoms with van der Waals surface area (Å²) in [5, 5.41) is 2.69. The van der Waals surface area contributed by atoms with Gasteiger partial charge in [0, 0.05) is 6.54 Å². The minimum absolute atomic E-state index is 0.0646. The van der Waals surface area contributed by atoms with Crippen molar-refractivity contribution in [1.82, 2.24) is 5.32 Å². The molecule has 0 radical (unpaired) electrons. The number of ether oxygens (including phenoxy) is 1. The van der Waals surface area contributed by atoms with E-state index in [0.29, 0.717) is 24.1 Å². The van der Waals surface area contributed by atoms with Crippen molar-refractivity contribution in [3.05, 3.63) is 29.8 Å². The van der Waals surface area contributed by atoms with Gasteiger partial charge < -0.3 is 10.1 Å². The maximum atomic E-state index is 11.3. The van der Waals surface area contributed by atoms with Crippen LogP contribution < -0.4 is 10.1 Å². The lowest BCUT2D eigenvalue weighted by atomic mass is 10.2. The van der Waals surface area contributed by atoms with Gasteiger partial charge in [0.05, 0.1) is 5.56 Å². The van der Waals surface area contributed by atoms with Crippen molar-refractivity contribution in [3.63, 3.8) is 0 Å². The topological polar surface area (TPSA) is 55.4 Å². The molecule has 1 amide bonds. The number of hydrogen-bond acceptors (Lipinski definition) is 3. The maximum Gasteiger partial charge on any atom is 0.257 e. The van der Waals surface area contributed by atoms with E-state index in [1.807, 2.05) is 6.92 Å². The standard InChI is InChI=1S/C12H15NO3/c1-2-7-13-12(15)9-16-11-6-4-3-5-10(11)8-14/h3-6,8H,2,7,9H2,1H3,(H,13,15). The summed E-state index contributed by atoms with van der Waals surface area (Å²) >= 11 is 0. The van der Waals surface area contributed by atoms with Crippen LogP contribution in [0, 0.1) is 0 Å². The Morgan fingerprint density at radius 2 is 2.19 bits per heavy atom. The van der Waals surface area contributed by atoms with E-state index < -0.39 is 0 Å². The number of carbonyl (C=O) groups excluding carboxylic acids is 2. The van der Waals surface area contributed by atoms with Gasteiger partial charge in [0.2, 0.25) is 0 Å². The normalized spacial score (nSPS) is 9.56. The fourth-order valence-corrected chi connectivity index (χ4v) is 1.17. The molecule has 86 valence electrons. The van der Waals surface area contributed by atoms with Crippen LogP contribution in [0.25, 0.3) is 0 Å². The molecule has 0 fully saturated rings. The summed E-state index contributed by atoms with van der Waals surface area (Å²) in [6.07, 6.45) is 1.59. The number of nitrogens with one attached hydrogen (secondary N) is 1. The predicted octanol–water partition coefficient (Wildman–Crippen LogP) is 1.40. The summed E-state index contributed by atoms with van der Waals surface area (Å²) in [7, 11) is 0. The largest absolute Gasteiger partial charge is 0.483 e. The average molecular weight is 221 g/mol. The van der Waals surface area contributed by atoms with Gasteiger partial charge in [-0.3, -0.25) is 9.59 Å². The van der Waals surface area contributed by atoms with E-state index in [4.69, 9.17) is 4.74 Å². The lowest BCUT2D eigenvalue weighted by molar-refractivity contribution is -0.123. The van der Waals surface area contributed by atoms with Gasteiger partial charge in [0.25, 0.3) is 5.91 Å². The number of carbonyl (C=O) groups is 2. The Morgan fingerprint density at radius 1 is 1.44 bits per heavy atom. The summed E-state index contributed by atoms with van der Waals surface area (Å²) in [4.78, 5) is 21.9. The average Bonchev–Trinajstić information content (AvgIpc) is 2.34. The van der Waals surface area contributed by atoms with Crippen LogP contribution >= 0.6 is 0 Å². The molecule has 1 aromatic rings. The van der Waals surface area contributed by atoms with Crippen molar-refractivity contribution in [2.45, 2.75) is 13.3 Å². The Bertz CT molecular complexity index is 363. The van der Waals surface area contributed by atoms with E-state index in [-0.39, 0.29) is 12.5 Å². The number of para-hydroxylation sites is 1. The summed E-state index contributed by atoms with van der Waals surface area (Å²) in [6, 6.07) is 6.81. The third-order valence-electron chi connectivity index (χ3n) is 1.98. The molecule has 16 heavy (non-hydrogen) atoms. The molecule has 1 rings (SSSR count). The van der Waals surface area contributed by atoms with Crippen molar-refractivity contribution in [2.75, 3.05) is 13.2 Å². The molecule has 0 saturated carbocycles. The first-order chi connectivity index (χ1) is 7.77. The number of rotatable bonds is 6. The van der Waals surface area contributed by atoms with E-state index in [9.17, 15) is 9.59 Å². The van der Waals surface area contributed by atoms with E-state index in [1.165, 1.54) is 0 Å². The second kappa shape index (κ2) is 6.61. The first-order valence-electron chi connectivity index (χ1n) is 5.21. The van der Waals surface area contributed by atoms with Crippen molar-refractivity contribution >= 4 is 12.2 Å². The van der Waals surface area contributed by atoms with Crippen molar-refractivity contribution in [2.24, 2.45) is 0 Å². The van der Waals surface area contributed by atoms with Gasteiger partial charge in [-0.25, -0.2) is 0 Å². The van der Waals surface area contributed by atoms with Crippen LogP contribution in [0.5, 0.6) is 5.75 Å². The highest BCUT2D eigenvalue weighted by atomic mass is 16.5. The van der Waals surface area contributed by atoms with Crippen LogP contribution in [0.4, 0.5) is 0 Å². The van der Waals surface area contributed by atoms with Gasteiger partial charge in [-0.2, -0.15) is 0 Å². The summed E-state index contributed by atoms with van der Waals surface area (Å²) in [6.45, 7) is 2.55. The fraction of sp³-hybridized carbons (Fsp3) is 0.333. The van der Waals surface area contributed by atoms with Gasteiger partial charge >= 0.3 is 0 Å². The van der Waals surface area contributed by atoms with Crippen molar-refractivity contribution in [3.8, 4) is 5.75 Å². The minimum atomic E-state index is -0.178. The first kappa shape index (κ1) is 12.2. The zero-order valence-electron chi connectivity index (χ0n) is 9.23. The molecule has 0 atom stereocenters. The zero-order chi connectivity index (χ0) is 11.8. The molecule has 0 aliphatic rings. The Hall–Kier alpha value is -1.84. The quantitative estimate of drug-likeness (QED) is 0.739. The highest BCUT2D eigenvalue weighted by molar-refractivity contribution is 5.80. The lowest BCUT2D eigenvalue weighted by Gasteiger charge is -2.08. The Kier molecular flexibility index (Phi) is 5.05. The minimum Gasteiger partial charge on any atom is -0.483 e. The summed E-state index contributed by atoms with van der Waals surface area (Å²) in [5.74, 6) is 0.256. The second-order valence-electron chi connectivity index (χ2n) is 3.29. The third kappa shape index (κ3) is 3.73. The molecular weight excluding hydrogens is 206 g/mol. The molecular formula is C12H15NO3. The number of hydrogen-bond donors (Lipinski definition) is 1. The second-order valence-corrected chi connectivity index (χ2v) is 3.29. The molecule has 0 aromatic heterocycles. The van der Waals surface area contributed by atoms with Crippen molar-refractivity contribution in [1.29, 1.82) is 0 Å². The SMILES string of the molecule is CCCNC(=O)COc1ccccc1C=O. The lowest BCUT2D eigenvalue weighted by Crippen LogP contribution is -2.29. The van der Waals surface area contributed by atoms with Crippen LogP contribution in [0.15, 0.2) is 24.3 Å². The smallest absolute Gasteiger partial charge is 0.257 e. The van der Waals surface area contributed by atoms with Crippen LogP contribution in [-0.2, 0) is 4.79 Å². The maximum absolute atomic E-state index is 11.3. The van der Waals surface area contributed by atoms with Crippen LogP contribution in [0.3, 0.4) is 0 Å². The molecule has 0 spiro atoms. The summed E-state index contributed by atoms with van der Waals surface area (Å²) in [5.41, 5.74) is 0.450. The Labute approximate surface area is 94.6 Å². The number of amides is 1. The van der Waals surface area contributed by atoms with E-state index in [1.54, 1.807) is 24.3 Å². The van der Waals surface area contributed by atoms with E-state index in [0.717, 1.165) is 6.42 Å². The first-order valence-corrected chi connectivity index (χ1v) is 5.21. The molecule has 0 unspecified atom stereocenters. The third-order valence-corrected chi connectivity index (χ3v) is 1.98. The highest BCUT2D eigenvalue weighted by Gasteiger charge is 2.04. The highest BCUT2D eigenvalue weighted by Crippen LogP contribution is 2.15. The van der Waals surface area contributed by atoms with E-state index in [2.05, 4.69) is 5.32 Å². The fourth-order valence-electron chi connectivity index (χ4n) is 1.17. The molecule has 1 N–H and O–H groups in total. The molecule has 0 saturated heterocycles. The molecule has 4 heteroatoms. The summed E-state index contributed by atoms with van der Waals surface area (Å²) < 4.78 is 5.24. The molecule has 0 heterocycles. The molecule has 0 aliphatic heterocycles. The predicted molar refractivity (Wildman–Crippen MR) is 60.6 cm³/mol. The number of aldehydes is 1. The molecule has 0 bridgehead atoms. The monoisotopic (exact) mass is 221 g/mol. The molecule has 1 aromatic carbocycles. The van der Waals surface area contributed by atoms with Crippen LogP contribution in [-0.4, -0.2) is 25.3 Å². The Morgan fingerprint density at radius 3 is 2.88 bits per heavy atom. The van der Waals surface area contributed by atoms with Gasteiger partial charge in [-0.15, -0.1) is 0 Å². The van der Waals surface area contributed by atoms with Crippen LogP contribution in [0.2, 0.25) is 0 Å². The van der Waals surface area contributed by atoms with Crippen molar-refractivity contribution < 1.29 is 14.3 Å². The van der Waals surface area contributed by atoms with Gasteiger partial charge in [-0.1, -0.05) is 19.1 Å². The number of benzene rings is 1.